The van der Waals surface area contributed by atoms with E-state index in [-0.39, 0.29) is 0 Å². The lowest BCUT2D eigenvalue weighted by Crippen LogP contribution is -1.96. The molecule has 0 bridgehead atoms. The zero-order valence-electron chi connectivity index (χ0n) is 15.4. The maximum absolute atomic E-state index is 4.77. The van der Waals surface area contributed by atoms with E-state index in [1.165, 1.54) is 22.5 Å². The highest BCUT2D eigenvalue weighted by molar-refractivity contribution is 7.18. The Labute approximate surface area is 170 Å². The zero-order chi connectivity index (χ0) is 19.2. The van der Waals surface area contributed by atoms with Gasteiger partial charge in [0.2, 0.25) is 0 Å². The van der Waals surface area contributed by atoms with Gasteiger partial charge in [0.25, 0.3) is 0 Å². The third kappa shape index (κ3) is 3.09. The van der Waals surface area contributed by atoms with Crippen LogP contribution in [0.5, 0.6) is 0 Å². The quantitative estimate of drug-likeness (QED) is 0.443. The first kappa shape index (κ1) is 16.5. The minimum atomic E-state index is 0.642. The normalized spacial score (nSPS) is 13.8. The first-order chi connectivity index (χ1) is 14.3. The molecule has 1 aromatic carbocycles. The molecule has 0 amide bonds. The van der Waals surface area contributed by atoms with Gasteiger partial charge in [-0.25, -0.2) is 19.9 Å². The molecule has 6 rings (SSSR count). The van der Waals surface area contributed by atoms with Crippen molar-refractivity contribution in [2.45, 2.75) is 18.8 Å². The molecule has 1 aliphatic carbocycles. The van der Waals surface area contributed by atoms with Crippen molar-refractivity contribution in [2.24, 2.45) is 0 Å². The Kier molecular flexibility index (Phi) is 3.73. The minimum absolute atomic E-state index is 0.642. The summed E-state index contributed by atoms with van der Waals surface area (Å²) in [7, 11) is 0. The van der Waals surface area contributed by atoms with Crippen LogP contribution in [-0.4, -0.2) is 24.9 Å². The van der Waals surface area contributed by atoms with Crippen molar-refractivity contribution in [3.8, 4) is 11.4 Å². The van der Waals surface area contributed by atoms with Gasteiger partial charge in [-0.05, 0) is 49.2 Å². The van der Waals surface area contributed by atoms with Crippen molar-refractivity contribution in [1.82, 2.24) is 24.9 Å². The fourth-order valence-electron chi connectivity index (χ4n) is 3.36. The van der Waals surface area contributed by atoms with E-state index in [0.29, 0.717) is 17.4 Å². The fraction of sp³-hybridized carbons (Fsp3) is 0.136. The van der Waals surface area contributed by atoms with Gasteiger partial charge in [-0.1, -0.05) is 0 Å². The third-order valence-electron chi connectivity index (χ3n) is 5.05. The second-order valence-corrected chi connectivity index (χ2v) is 8.22. The molecule has 4 aromatic heterocycles. The van der Waals surface area contributed by atoms with Crippen LogP contribution >= 0.6 is 11.3 Å². The van der Waals surface area contributed by atoms with E-state index in [0.717, 1.165) is 27.8 Å². The largest absolute Gasteiger partial charge is 0.355 e. The minimum Gasteiger partial charge on any atom is -0.355 e. The maximum Gasteiger partial charge on any atom is 0.165 e. The molecular weight excluding hydrogens is 380 g/mol. The van der Waals surface area contributed by atoms with Crippen LogP contribution in [0.25, 0.3) is 32.6 Å². The van der Waals surface area contributed by atoms with E-state index in [1.54, 1.807) is 29.9 Å². The van der Waals surface area contributed by atoms with Crippen molar-refractivity contribution >= 4 is 44.0 Å². The molecule has 1 fully saturated rings. The van der Waals surface area contributed by atoms with E-state index in [2.05, 4.69) is 43.5 Å². The van der Waals surface area contributed by atoms with Crippen molar-refractivity contribution in [1.29, 1.82) is 0 Å². The van der Waals surface area contributed by atoms with E-state index >= 15 is 0 Å². The van der Waals surface area contributed by atoms with Crippen LogP contribution < -0.4 is 5.32 Å². The van der Waals surface area contributed by atoms with Crippen LogP contribution in [0.15, 0.2) is 61.2 Å². The van der Waals surface area contributed by atoms with Crippen LogP contribution in [-0.2, 0) is 0 Å². The smallest absolute Gasteiger partial charge is 0.165 e. The van der Waals surface area contributed by atoms with Crippen molar-refractivity contribution in [3.05, 3.63) is 66.2 Å². The van der Waals surface area contributed by atoms with E-state index in [4.69, 9.17) is 4.98 Å². The summed E-state index contributed by atoms with van der Waals surface area (Å²) in [6, 6.07) is 12.0. The molecule has 1 saturated carbocycles. The van der Waals surface area contributed by atoms with Crippen LogP contribution in [0, 0.1) is 0 Å². The van der Waals surface area contributed by atoms with Gasteiger partial charge in [-0.3, -0.25) is 4.98 Å². The van der Waals surface area contributed by atoms with Gasteiger partial charge < -0.3 is 5.32 Å². The molecule has 4 heterocycles. The molecule has 0 aliphatic heterocycles. The van der Waals surface area contributed by atoms with Gasteiger partial charge >= 0.3 is 0 Å². The summed E-state index contributed by atoms with van der Waals surface area (Å²) in [5, 5.41) is 5.65. The van der Waals surface area contributed by atoms with Gasteiger partial charge in [0, 0.05) is 42.0 Å². The van der Waals surface area contributed by atoms with E-state index < -0.39 is 0 Å². The number of nitrogens with one attached hydrogen (secondary N) is 1. The van der Waals surface area contributed by atoms with Gasteiger partial charge in [-0.15, -0.1) is 11.3 Å². The zero-order valence-corrected chi connectivity index (χ0v) is 16.2. The van der Waals surface area contributed by atoms with Crippen molar-refractivity contribution in [2.75, 3.05) is 5.32 Å². The molecule has 0 spiro atoms. The van der Waals surface area contributed by atoms with Crippen LogP contribution in [0.4, 0.5) is 11.4 Å². The molecule has 1 N–H and O–H groups in total. The van der Waals surface area contributed by atoms with Gasteiger partial charge in [-0.2, -0.15) is 0 Å². The Morgan fingerprint density at radius 2 is 1.83 bits per heavy atom. The van der Waals surface area contributed by atoms with Crippen LogP contribution in [0.2, 0.25) is 0 Å². The number of hydrogen-bond acceptors (Lipinski definition) is 7. The molecule has 140 valence electrons. The molecule has 29 heavy (non-hydrogen) atoms. The molecule has 0 atom stereocenters. The highest BCUT2D eigenvalue weighted by Crippen LogP contribution is 2.43. The molecule has 7 heteroatoms. The van der Waals surface area contributed by atoms with Crippen LogP contribution in [0.3, 0.4) is 0 Å². The van der Waals surface area contributed by atoms with Crippen molar-refractivity contribution < 1.29 is 0 Å². The first-order valence-corrected chi connectivity index (χ1v) is 10.3. The lowest BCUT2D eigenvalue weighted by molar-refractivity contribution is 1.10. The monoisotopic (exact) mass is 396 g/mol. The molecule has 0 radical (unpaired) electrons. The Bertz CT molecular complexity index is 1340. The molecule has 1 aliphatic rings. The molecule has 0 unspecified atom stereocenters. The van der Waals surface area contributed by atoms with Crippen molar-refractivity contribution in [3.63, 3.8) is 0 Å². The summed E-state index contributed by atoms with van der Waals surface area (Å²) in [6.45, 7) is 0. The lowest BCUT2D eigenvalue weighted by atomic mass is 10.2. The number of pyridine rings is 2. The number of hydrogen-bond donors (Lipinski definition) is 1. The molecule has 6 nitrogen and oxygen atoms in total. The lowest BCUT2D eigenvalue weighted by Gasteiger charge is -2.09. The predicted molar refractivity (Wildman–Crippen MR) is 115 cm³/mol. The second-order valence-electron chi connectivity index (χ2n) is 7.16. The van der Waals surface area contributed by atoms with E-state index in [1.807, 2.05) is 24.4 Å². The molecule has 5 aromatic rings. The summed E-state index contributed by atoms with van der Waals surface area (Å²) >= 11 is 1.80. The first-order valence-electron chi connectivity index (χ1n) is 9.53. The van der Waals surface area contributed by atoms with Crippen LogP contribution in [0.1, 0.15) is 23.8 Å². The third-order valence-corrected chi connectivity index (χ3v) is 6.23. The fourth-order valence-corrected chi connectivity index (χ4v) is 4.54. The number of nitrogens with zero attached hydrogens (tertiary/aromatic N) is 5. The summed E-state index contributed by atoms with van der Waals surface area (Å²) in [4.78, 5) is 22.4. The Morgan fingerprint density at radius 1 is 0.931 bits per heavy atom. The topological polar surface area (TPSA) is 76.5 Å². The number of fused-ring (bicyclic) bond motifs is 2. The van der Waals surface area contributed by atoms with Gasteiger partial charge in [0.05, 0.1) is 26.3 Å². The number of aromatic nitrogens is 5. The molecule has 0 saturated heterocycles. The maximum atomic E-state index is 4.77. The average Bonchev–Trinajstić information content (AvgIpc) is 3.53. The summed E-state index contributed by atoms with van der Waals surface area (Å²) in [5.74, 6) is 1.32. The Morgan fingerprint density at radius 3 is 2.69 bits per heavy atom. The summed E-state index contributed by atoms with van der Waals surface area (Å²) in [6.07, 6.45) is 9.61. The number of benzene rings is 1. The highest BCUT2D eigenvalue weighted by Gasteiger charge is 2.27. The Balaban J connectivity index is 1.36. The average molecular weight is 396 g/mol. The Hall–Kier alpha value is -3.45. The SMILES string of the molecule is c1cc(-c2ncc3c(Nc4ccc5nc(C6CC6)sc5c4)ccnc3n2)ccn1. The second kappa shape index (κ2) is 6.56. The summed E-state index contributed by atoms with van der Waals surface area (Å²) < 4.78 is 1.21. The number of anilines is 2. The standard InChI is InChI=1S/C22H16N6S/c1-2-14(1)22-27-18-4-3-15(11-19(18)29-22)26-17-7-10-24-21-16(17)12-25-20(28-21)13-5-8-23-9-6-13/h3-12,14H,1-2H2,(H,24,25,26,28). The van der Waals surface area contributed by atoms with Gasteiger partial charge in [0.1, 0.15) is 0 Å². The number of thiazole rings is 1. The highest BCUT2D eigenvalue weighted by atomic mass is 32.1. The number of rotatable bonds is 4. The summed E-state index contributed by atoms with van der Waals surface area (Å²) in [5.41, 5.74) is 4.61. The predicted octanol–water partition coefficient (Wildman–Crippen LogP) is 5.32. The van der Waals surface area contributed by atoms with E-state index in [9.17, 15) is 0 Å². The van der Waals surface area contributed by atoms with Gasteiger partial charge in [0.15, 0.2) is 11.5 Å². The molecular formula is C22H16N6S.